The van der Waals surface area contributed by atoms with Crippen LogP contribution in [0.1, 0.15) is 15.4 Å². The van der Waals surface area contributed by atoms with Gasteiger partial charge in [-0.05, 0) is 31.2 Å². The van der Waals surface area contributed by atoms with E-state index < -0.39 is 10.0 Å². The lowest BCUT2D eigenvalue weighted by molar-refractivity contribution is 0.0750. The third-order valence-corrected chi connectivity index (χ3v) is 6.02. The van der Waals surface area contributed by atoms with Crippen LogP contribution in [0.15, 0.2) is 24.3 Å². The molecule has 0 unspecified atom stereocenters. The molecule has 27 heavy (non-hydrogen) atoms. The van der Waals surface area contributed by atoms with Gasteiger partial charge in [0.05, 0.1) is 19.1 Å². The Hall–Kier alpha value is -2.33. The molecule has 10 heteroatoms. The van der Waals surface area contributed by atoms with Crippen molar-refractivity contribution in [3.63, 3.8) is 0 Å². The lowest BCUT2D eigenvalue weighted by Gasteiger charge is -2.36. The average Bonchev–Trinajstić information content (AvgIpc) is 2.99. The fourth-order valence-corrected chi connectivity index (χ4v) is 4.67. The van der Waals surface area contributed by atoms with Gasteiger partial charge in [0, 0.05) is 31.9 Å². The number of methoxy groups -OCH3 is 1. The highest BCUT2D eigenvalue weighted by Gasteiger charge is 2.26. The zero-order chi connectivity index (χ0) is 19.6. The smallest absolute Gasteiger partial charge is 0.266 e. The predicted octanol–water partition coefficient (Wildman–Crippen LogP) is 1.79. The number of carbonyl (C=O) groups is 1. The number of thiazole rings is 1. The second-order valence-electron chi connectivity index (χ2n) is 6.29. The van der Waals surface area contributed by atoms with Crippen molar-refractivity contribution in [1.82, 2.24) is 9.88 Å². The third kappa shape index (κ3) is 4.69. The number of aromatic nitrogens is 1. The average molecular weight is 411 g/mol. The predicted molar refractivity (Wildman–Crippen MR) is 106 cm³/mol. The maximum absolute atomic E-state index is 12.8. The topological polar surface area (TPSA) is 91.8 Å². The van der Waals surface area contributed by atoms with E-state index in [4.69, 9.17) is 4.74 Å². The van der Waals surface area contributed by atoms with Crippen LogP contribution in [0.4, 0.5) is 10.8 Å². The van der Waals surface area contributed by atoms with Crippen LogP contribution in [0.3, 0.4) is 0 Å². The molecule has 8 nitrogen and oxygen atoms in total. The number of nitrogens with zero attached hydrogens (tertiary/aromatic N) is 3. The molecule has 0 aliphatic carbocycles. The molecular weight excluding hydrogens is 388 g/mol. The Bertz CT molecular complexity index is 917. The lowest BCUT2D eigenvalue weighted by Crippen LogP contribution is -2.48. The van der Waals surface area contributed by atoms with Gasteiger partial charge >= 0.3 is 0 Å². The second-order valence-corrected chi connectivity index (χ2v) is 9.03. The largest absolute Gasteiger partial charge is 0.497 e. The number of anilines is 2. The van der Waals surface area contributed by atoms with E-state index in [1.807, 2.05) is 24.3 Å². The van der Waals surface area contributed by atoms with Crippen molar-refractivity contribution in [2.45, 2.75) is 6.92 Å². The number of ether oxygens (including phenoxy) is 1. The van der Waals surface area contributed by atoms with Gasteiger partial charge < -0.3 is 14.5 Å². The van der Waals surface area contributed by atoms with Gasteiger partial charge in [0.15, 0.2) is 5.13 Å². The summed E-state index contributed by atoms with van der Waals surface area (Å²) in [6.07, 6.45) is 1.06. The maximum atomic E-state index is 12.8. The molecule has 2 aromatic rings. The minimum Gasteiger partial charge on any atom is -0.497 e. The van der Waals surface area contributed by atoms with Crippen LogP contribution in [0.5, 0.6) is 5.75 Å². The minimum absolute atomic E-state index is 0.110. The molecule has 1 amide bonds. The van der Waals surface area contributed by atoms with E-state index in [9.17, 15) is 13.2 Å². The Morgan fingerprint density at radius 1 is 1.19 bits per heavy atom. The quantitative estimate of drug-likeness (QED) is 0.808. The number of amides is 1. The Morgan fingerprint density at radius 3 is 2.37 bits per heavy atom. The highest BCUT2D eigenvalue weighted by molar-refractivity contribution is 7.92. The van der Waals surface area contributed by atoms with Crippen LogP contribution in [0.2, 0.25) is 0 Å². The summed E-state index contributed by atoms with van der Waals surface area (Å²) < 4.78 is 30.2. The highest BCUT2D eigenvalue weighted by Crippen LogP contribution is 2.26. The van der Waals surface area contributed by atoms with E-state index >= 15 is 0 Å². The first-order chi connectivity index (χ1) is 12.8. The lowest BCUT2D eigenvalue weighted by atomic mass is 10.2. The van der Waals surface area contributed by atoms with Crippen molar-refractivity contribution in [3.8, 4) is 5.75 Å². The van der Waals surface area contributed by atoms with E-state index in [-0.39, 0.29) is 11.0 Å². The molecule has 1 aliphatic rings. The number of carbonyl (C=O) groups excluding carboxylic acids is 1. The van der Waals surface area contributed by atoms with Crippen LogP contribution < -0.4 is 14.4 Å². The van der Waals surface area contributed by atoms with Gasteiger partial charge in [-0.1, -0.05) is 11.3 Å². The summed E-state index contributed by atoms with van der Waals surface area (Å²) in [7, 11) is -1.78. The number of rotatable bonds is 5. The molecule has 0 spiro atoms. The molecule has 1 N–H and O–H groups in total. The molecular formula is C17H22N4O4S2. The summed E-state index contributed by atoms with van der Waals surface area (Å²) in [5, 5.41) is 0.218. The van der Waals surface area contributed by atoms with Gasteiger partial charge in [-0.2, -0.15) is 0 Å². The van der Waals surface area contributed by atoms with E-state index in [0.29, 0.717) is 23.7 Å². The van der Waals surface area contributed by atoms with E-state index in [2.05, 4.69) is 14.6 Å². The fourth-order valence-electron chi connectivity index (χ4n) is 2.90. The van der Waals surface area contributed by atoms with Crippen molar-refractivity contribution in [3.05, 3.63) is 34.8 Å². The van der Waals surface area contributed by atoms with E-state index in [0.717, 1.165) is 42.1 Å². The summed E-state index contributed by atoms with van der Waals surface area (Å²) in [6, 6.07) is 7.85. The van der Waals surface area contributed by atoms with Crippen LogP contribution >= 0.6 is 11.3 Å². The molecule has 1 aromatic carbocycles. The zero-order valence-corrected chi connectivity index (χ0v) is 17.1. The third-order valence-electron chi connectivity index (χ3n) is 4.27. The SMILES string of the molecule is COc1ccc(N2CCN(C(=O)c3sc(NS(C)(=O)=O)nc3C)CC2)cc1. The first kappa shape index (κ1) is 19.4. The molecule has 0 atom stereocenters. The van der Waals surface area contributed by atoms with E-state index in [1.165, 1.54) is 0 Å². The Balaban J connectivity index is 1.64. The molecule has 1 aromatic heterocycles. The Labute approximate surface area is 162 Å². The van der Waals surface area contributed by atoms with Gasteiger partial charge in [-0.3, -0.25) is 9.52 Å². The molecule has 146 valence electrons. The standard InChI is InChI=1S/C17H22N4O4S2/c1-12-15(26-17(18-12)19-27(3,23)24)16(22)21-10-8-20(9-11-21)13-4-6-14(25-2)7-5-13/h4-7H,8-11H2,1-3H3,(H,18,19). The van der Waals surface area contributed by atoms with Gasteiger partial charge in [0.2, 0.25) is 10.0 Å². The normalized spacial score (nSPS) is 14.9. The summed E-state index contributed by atoms with van der Waals surface area (Å²) in [5.41, 5.74) is 1.63. The number of nitrogens with one attached hydrogen (secondary N) is 1. The molecule has 0 saturated carbocycles. The summed E-state index contributed by atoms with van der Waals surface area (Å²) in [5.74, 6) is 0.702. The maximum Gasteiger partial charge on any atom is 0.266 e. The molecule has 1 saturated heterocycles. The summed E-state index contributed by atoms with van der Waals surface area (Å²) in [4.78, 5) is 21.4. The number of aryl methyl sites for hydroxylation is 1. The minimum atomic E-state index is -3.42. The van der Waals surface area contributed by atoms with Gasteiger partial charge in [-0.15, -0.1) is 0 Å². The van der Waals surface area contributed by atoms with Gasteiger partial charge in [-0.25, -0.2) is 13.4 Å². The van der Waals surface area contributed by atoms with Gasteiger partial charge in [0.25, 0.3) is 5.91 Å². The van der Waals surface area contributed by atoms with E-state index in [1.54, 1.807) is 18.9 Å². The number of hydrogen-bond donors (Lipinski definition) is 1. The number of benzene rings is 1. The fraction of sp³-hybridized carbons (Fsp3) is 0.412. The van der Waals surface area contributed by atoms with Crippen LogP contribution in [0, 0.1) is 6.92 Å². The molecule has 1 fully saturated rings. The Morgan fingerprint density at radius 2 is 1.81 bits per heavy atom. The Kier molecular flexibility index (Phi) is 5.56. The zero-order valence-electron chi connectivity index (χ0n) is 15.4. The summed E-state index contributed by atoms with van der Waals surface area (Å²) >= 11 is 1.07. The van der Waals surface area contributed by atoms with Crippen LogP contribution in [-0.2, 0) is 10.0 Å². The molecule has 1 aliphatic heterocycles. The van der Waals surface area contributed by atoms with Crippen molar-refractivity contribution >= 4 is 38.1 Å². The number of hydrogen-bond acceptors (Lipinski definition) is 7. The molecule has 0 radical (unpaired) electrons. The van der Waals surface area contributed by atoms with Crippen molar-refractivity contribution in [1.29, 1.82) is 0 Å². The monoisotopic (exact) mass is 410 g/mol. The van der Waals surface area contributed by atoms with Crippen LogP contribution in [0.25, 0.3) is 0 Å². The van der Waals surface area contributed by atoms with Gasteiger partial charge in [0.1, 0.15) is 10.6 Å². The first-order valence-electron chi connectivity index (χ1n) is 8.40. The van der Waals surface area contributed by atoms with Crippen molar-refractivity contribution < 1.29 is 17.9 Å². The molecule has 2 heterocycles. The number of sulfonamides is 1. The number of piperazine rings is 1. The second kappa shape index (κ2) is 7.73. The van der Waals surface area contributed by atoms with Crippen molar-refractivity contribution in [2.75, 3.05) is 49.2 Å². The molecule has 3 rings (SSSR count). The highest BCUT2D eigenvalue weighted by atomic mass is 32.2. The molecule has 0 bridgehead atoms. The van der Waals surface area contributed by atoms with Crippen molar-refractivity contribution in [2.24, 2.45) is 0 Å². The van der Waals surface area contributed by atoms with Crippen LogP contribution in [-0.4, -0.2) is 63.8 Å². The first-order valence-corrected chi connectivity index (χ1v) is 11.1. The summed E-state index contributed by atoms with van der Waals surface area (Å²) in [6.45, 7) is 4.35.